The van der Waals surface area contributed by atoms with Crippen molar-refractivity contribution in [1.82, 2.24) is 4.31 Å². The first-order valence-electron chi connectivity index (χ1n) is 8.88. The second-order valence-electron chi connectivity index (χ2n) is 6.63. The van der Waals surface area contributed by atoms with Crippen LogP contribution in [0.5, 0.6) is 5.75 Å². The Labute approximate surface area is 161 Å². The highest BCUT2D eigenvalue weighted by Gasteiger charge is 2.30. The number of halogens is 1. The van der Waals surface area contributed by atoms with E-state index in [9.17, 15) is 17.6 Å². The van der Waals surface area contributed by atoms with Crippen LogP contribution >= 0.6 is 0 Å². The quantitative estimate of drug-likeness (QED) is 0.626. The van der Waals surface area contributed by atoms with Crippen LogP contribution in [0.2, 0.25) is 0 Å². The summed E-state index contributed by atoms with van der Waals surface area (Å²) in [5, 5.41) is 0.551. The van der Waals surface area contributed by atoms with Crippen molar-refractivity contribution in [3.63, 3.8) is 0 Å². The molecule has 0 N–H and O–H groups in total. The molecule has 2 heterocycles. The van der Waals surface area contributed by atoms with Gasteiger partial charge >= 0.3 is 5.63 Å². The summed E-state index contributed by atoms with van der Waals surface area (Å²) in [5.41, 5.74) is -0.135. The van der Waals surface area contributed by atoms with E-state index in [-0.39, 0.29) is 16.8 Å². The summed E-state index contributed by atoms with van der Waals surface area (Å²) < 4.78 is 51.2. The Hall–Kier alpha value is -2.71. The van der Waals surface area contributed by atoms with Gasteiger partial charge in [0, 0.05) is 24.5 Å². The van der Waals surface area contributed by atoms with Gasteiger partial charge in [-0.3, -0.25) is 0 Å². The van der Waals surface area contributed by atoms with Crippen LogP contribution in [-0.4, -0.2) is 31.9 Å². The summed E-state index contributed by atoms with van der Waals surface area (Å²) in [5.74, 6) is 0.238. The van der Waals surface area contributed by atoms with Crippen LogP contribution in [0, 0.1) is 5.82 Å². The van der Waals surface area contributed by atoms with Crippen LogP contribution < -0.4 is 10.4 Å². The molecule has 0 saturated carbocycles. The lowest BCUT2D eigenvalue weighted by atomic mass is 10.1. The molecule has 0 atom stereocenters. The van der Waals surface area contributed by atoms with Crippen LogP contribution in [0.3, 0.4) is 0 Å². The first-order valence-corrected chi connectivity index (χ1v) is 10.3. The Morgan fingerprint density at radius 3 is 2.43 bits per heavy atom. The molecule has 2 aromatic carbocycles. The third kappa shape index (κ3) is 3.79. The molecule has 1 aliphatic rings. The van der Waals surface area contributed by atoms with E-state index in [4.69, 9.17) is 9.15 Å². The van der Waals surface area contributed by atoms with Crippen LogP contribution in [0.4, 0.5) is 4.39 Å². The van der Waals surface area contributed by atoms with E-state index in [0.717, 1.165) is 0 Å². The molecule has 0 spiro atoms. The first-order chi connectivity index (χ1) is 13.4. The molecule has 1 saturated heterocycles. The fraction of sp³-hybridized carbons (Fsp3) is 0.250. The number of fused-ring (bicyclic) bond motifs is 1. The Bertz CT molecular complexity index is 1150. The molecule has 8 heteroatoms. The summed E-state index contributed by atoms with van der Waals surface area (Å²) in [7, 11) is -3.66. The van der Waals surface area contributed by atoms with Crippen molar-refractivity contribution >= 4 is 21.0 Å². The Morgan fingerprint density at radius 2 is 1.71 bits per heavy atom. The molecular weight excluding hydrogens is 385 g/mol. The van der Waals surface area contributed by atoms with Gasteiger partial charge in [-0.2, -0.15) is 4.31 Å². The highest BCUT2D eigenvalue weighted by atomic mass is 32.2. The molecule has 0 aliphatic carbocycles. The normalized spacial score (nSPS) is 16.3. The predicted molar refractivity (Wildman–Crippen MR) is 101 cm³/mol. The molecule has 146 valence electrons. The van der Waals surface area contributed by atoms with E-state index in [2.05, 4.69) is 0 Å². The second kappa shape index (κ2) is 7.37. The molecule has 0 amide bonds. The van der Waals surface area contributed by atoms with E-state index in [1.54, 1.807) is 18.2 Å². The maximum Gasteiger partial charge on any atom is 0.336 e. The molecule has 4 rings (SSSR count). The fourth-order valence-electron chi connectivity index (χ4n) is 3.26. The lowest BCUT2D eigenvalue weighted by molar-refractivity contribution is 0.135. The summed E-state index contributed by atoms with van der Waals surface area (Å²) in [4.78, 5) is 11.4. The molecule has 1 aromatic heterocycles. The zero-order valence-corrected chi connectivity index (χ0v) is 15.7. The number of piperidine rings is 1. The van der Waals surface area contributed by atoms with Crippen LogP contribution in [0.15, 0.2) is 68.7 Å². The topological polar surface area (TPSA) is 76.8 Å². The number of hydrogen-bond donors (Lipinski definition) is 0. The molecule has 0 radical (unpaired) electrons. The highest BCUT2D eigenvalue weighted by molar-refractivity contribution is 7.89. The van der Waals surface area contributed by atoms with Gasteiger partial charge in [-0.05, 0) is 61.4 Å². The second-order valence-corrected chi connectivity index (χ2v) is 8.57. The lowest BCUT2D eigenvalue weighted by Crippen LogP contribution is -2.41. The van der Waals surface area contributed by atoms with E-state index in [0.29, 0.717) is 42.6 Å². The Morgan fingerprint density at radius 1 is 1.00 bits per heavy atom. The largest absolute Gasteiger partial charge is 0.490 e. The predicted octanol–water partition coefficient (Wildman–Crippen LogP) is 3.16. The van der Waals surface area contributed by atoms with Gasteiger partial charge < -0.3 is 9.15 Å². The first kappa shape index (κ1) is 18.6. The highest BCUT2D eigenvalue weighted by Crippen LogP contribution is 2.25. The molecule has 0 unspecified atom stereocenters. The summed E-state index contributed by atoms with van der Waals surface area (Å²) in [6.07, 6.45) is 0.959. The zero-order chi connectivity index (χ0) is 19.7. The van der Waals surface area contributed by atoms with Crippen molar-refractivity contribution in [3.05, 3.63) is 70.8 Å². The van der Waals surface area contributed by atoms with Crippen LogP contribution in [0.25, 0.3) is 11.0 Å². The monoisotopic (exact) mass is 403 g/mol. The fourth-order valence-corrected chi connectivity index (χ4v) is 4.76. The summed E-state index contributed by atoms with van der Waals surface area (Å²) in [6, 6.07) is 13.0. The number of nitrogens with zero attached hydrogens (tertiary/aromatic N) is 1. The van der Waals surface area contributed by atoms with Gasteiger partial charge in [0.05, 0.1) is 4.90 Å². The molecule has 6 nitrogen and oxygen atoms in total. The maximum absolute atomic E-state index is 13.0. The van der Waals surface area contributed by atoms with Gasteiger partial charge in [0.25, 0.3) is 0 Å². The molecule has 0 bridgehead atoms. The van der Waals surface area contributed by atoms with Crippen molar-refractivity contribution in [3.8, 4) is 5.75 Å². The van der Waals surface area contributed by atoms with E-state index in [1.807, 2.05) is 0 Å². The van der Waals surface area contributed by atoms with Crippen molar-refractivity contribution in [2.45, 2.75) is 23.8 Å². The van der Waals surface area contributed by atoms with Crippen molar-refractivity contribution in [2.75, 3.05) is 13.1 Å². The van der Waals surface area contributed by atoms with Crippen molar-refractivity contribution in [1.29, 1.82) is 0 Å². The van der Waals surface area contributed by atoms with Crippen molar-refractivity contribution in [2.24, 2.45) is 0 Å². The third-order valence-corrected chi connectivity index (χ3v) is 6.64. The van der Waals surface area contributed by atoms with E-state index < -0.39 is 15.6 Å². The summed E-state index contributed by atoms with van der Waals surface area (Å²) in [6.45, 7) is 0.659. The van der Waals surface area contributed by atoms with Crippen molar-refractivity contribution < 1.29 is 22.0 Å². The Kier molecular flexibility index (Phi) is 4.91. The number of rotatable bonds is 4. The standard InChI is InChI=1S/C20H18FNO5S/c21-15-2-4-16(5-3-15)26-17-9-11-22(12-10-17)28(24,25)18-6-7-19-14(13-18)1-8-20(23)27-19/h1-8,13,17H,9-12H2. The smallest absolute Gasteiger partial charge is 0.336 e. The molecular formula is C20H18FNO5S. The number of sulfonamides is 1. The molecule has 1 aliphatic heterocycles. The van der Waals surface area contributed by atoms with Gasteiger partial charge in [-0.1, -0.05) is 0 Å². The molecule has 3 aromatic rings. The van der Waals surface area contributed by atoms with Gasteiger partial charge in [-0.25, -0.2) is 17.6 Å². The minimum Gasteiger partial charge on any atom is -0.490 e. The molecule has 28 heavy (non-hydrogen) atoms. The minimum atomic E-state index is -3.66. The number of ether oxygens (including phenoxy) is 1. The van der Waals surface area contributed by atoms with Gasteiger partial charge in [0.15, 0.2) is 0 Å². The average molecular weight is 403 g/mol. The summed E-state index contributed by atoms with van der Waals surface area (Å²) >= 11 is 0. The zero-order valence-electron chi connectivity index (χ0n) is 14.9. The maximum atomic E-state index is 13.0. The minimum absolute atomic E-state index is 0.122. The van der Waals surface area contributed by atoms with E-state index >= 15 is 0 Å². The van der Waals surface area contributed by atoms with Gasteiger partial charge in [-0.15, -0.1) is 0 Å². The van der Waals surface area contributed by atoms with Crippen LogP contribution in [0.1, 0.15) is 12.8 Å². The van der Waals surface area contributed by atoms with Gasteiger partial charge in [0.1, 0.15) is 23.3 Å². The SMILES string of the molecule is O=c1ccc2cc(S(=O)(=O)N3CCC(Oc4ccc(F)cc4)CC3)ccc2o1. The molecule has 1 fully saturated rings. The number of hydrogen-bond acceptors (Lipinski definition) is 5. The van der Waals surface area contributed by atoms with Gasteiger partial charge in [0.2, 0.25) is 10.0 Å². The van der Waals surface area contributed by atoms with E-state index in [1.165, 1.54) is 40.7 Å². The Balaban J connectivity index is 1.46. The number of benzene rings is 2. The van der Waals surface area contributed by atoms with Crippen LogP contribution in [-0.2, 0) is 10.0 Å². The lowest BCUT2D eigenvalue weighted by Gasteiger charge is -2.31. The average Bonchev–Trinajstić information content (AvgIpc) is 2.69. The third-order valence-electron chi connectivity index (χ3n) is 4.75.